The average molecular weight is 420 g/mol. The summed E-state index contributed by atoms with van der Waals surface area (Å²) < 4.78 is 21.5. The molecule has 0 saturated carbocycles. The van der Waals surface area contributed by atoms with Crippen LogP contribution in [0.1, 0.15) is 0 Å². The number of oxazole rings is 2. The zero-order valence-corrected chi connectivity index (χ0v) is 16.9. The molecule has 0 spiro atoms. The number of amides is 1. The highest BCUT2D eigenvalue weighted by Crippen LogP contribution is 2.34. The smallest absolute Gasteiger partial charge is 0.299 e. The van der Waals surface area contributed by atoms with E-state index in [0.29, 0.717) is 34.5 Å². The predicted octanol–water partition coefficient (Wildman–Crippen LogP) is 4.33. The van der Waals surface area contributed by atoms with Crippen LogP contribution in [-0.2, 0) is 9.53 Å². The van der Waals surface area contributed by atoms with Crippen LogP contribution in [0.3, 0.4) is 0 Å². The second kappa shape index (κ2) is 9.14. The van der Waals surface area contributed by atoms with E-state index in [1.54, 1.807) is 31.6 Å². The number of anilines is 3. The highest BCUT2D eigenvalue weighted by molar-refractivity contribution is 5.95. The fourth-order valence-corrected chi connectivity index (χ4v) is 3.03. The number of hydrogen-bond donors (Lipinski definition) is 2. The van der Waals surface area contributed by atoms with Gasteiger partial charge in [0.05, 0.1) is 30.8 Å². The third-order valence-electron chi connectivity index (χ3n) is 4.40. The summed E-state index contributed by atoms with van der Waals surface area (Å²) in [5, 5.41) is 5.91. The number of para-hydroxylation sites is 1. The molecule has 0 bridgehead atoms. The van der Waals surface area contributed by atoms with Crippen molar-refractivity contribution < 1.29 is 23.1 Å². The van der Waals surface area contributed by atoms with Crippen LogP contribution in [0.4, 0.5) is 17.4 Å². The van der Waals surface area contributed by atoms with Gasteiger partial charge in [0.15, 0.2) is 17.9 Å². The molecule has 4 rings (SSSR count). The van der Waals surface area contributed by atoms with Crippen molar-refractivity contribution in [1.82, 2.24) is 9.97 Å². The molecular weight excluding hydrogens is 400 g/mol. The molecule has 0 aliphatic carbocycles. The molecule has 0 fully saturated rings. The molecule has 31 heavy (non-hydrogen) atoms. The van der Waals surface area contributed by atoms with Gasteiger partial charge in [-0.1, -0.05) is 12.1 Å². The van der Waals surface area contributed by atoms with Gasteiger partial charge in [-0.25, -0.2) is 9.97 Å². The highest BCUT2D eigenvalue weighted by atomic mass is 16.5. The van der Waals surface area contributed by atoms with Gasteiger partial charge in [-0.05, 0) is 24.3 Å². The van der Waals surface area contributed by atoms with Crippen LogP contribution in [-0.4, -0.2) is 36.7 Å². The van der Waals surface area contributed by atoms with Gasteiger partial charge in [0, 0.05) is 24.4 Å². The molecular formula is C22H20N4O5. The number of carbonyl (C=O) groups excluding carboxylic acids is 1. The molecule has 0 saturated heterocycles. The molecule has 2 aromatic heterocycles. The summed E-state index contributed by atoms with van der Waals surface area (Å²) in [5.41, 5.74) is 2.80. The van der Waals surface area contributed by atoms with Crippen LogP contribution in [0.15, 0.2) is 70.1 Å². The van der Waals surface area contributed by atoms with Crippen molar-refractivity contribution in [2.24, 2.45) is 0 Å². The van der Waals surface area contributed by atoms with Crippen molar-refractivity contribution in [3.8, 4) is 28.4 Å². The van der Waals surface area contributed by atoms with E-state index < -0.39 is 0 Å². The van der Waals surface area contributed by atoms with Crippen LogP contribution in [0, 0.1) is 0 Å². The van der Waals surface area contributed by atoms with Crippen LogP contribution in [0.25, 0.3) is 22.6 Å². The van der Waals surface area contributed by atoms with Crippen LogP contribution in [0.5, 0.6) is 5.75 Å². The normalized spacial score (nSPS) is 10.6. The molecule has 9 heteroatoms. The molecule has 0 aliphatic rings. The van der Waals surface area contributed by atoms with Crippen molar-refractivity contribution in [3.63, 3.8) is 0 Å². The summed E-state index contributed by atoms with van der Waals surface area (Å²) in [6.07, 6.45) is 4.57. The Morgan fingerprint density at radius 3 is 2.71 bits per heavy atom. The maximum atomic E-state index is 11.9. The highest BCUT2D eigenvalue weighted by Gasteiger charge is 2.14. The lowest BCUT2D eigenvalue weighted by atomic mass is 10.1. The molecule has 1 amide bonds. The Morgan fingerprint density at radius 1 is 1.06 bits per heavy atom. The Kier molecular flexibility index (Phi) is 5.95. The second-order valence-electron chi connectivity index (χ2n) is 6.46. The topological polar surface area (TPSA) is 112 Å². The van der Waals surface area contributed by atoms with Gasteiger partial charge in [-0.3, -0.25) is 4.79 Å². The van der Waals surface area contributed by atoms with Crippen molar-refractivity contribution in [3.05, 3.63) is 61.3 Å². The summed E-state index contributed by atoms with van der Waals surface area (Å²) in [5.74, 6) is 1.46. The van der Waals surface area contributed by atoms with Gasteiger partial charge in [0.2, 0.25) is 5.91 Å². The van der Waals surface area contributed by atoms with E-state index in [1.807, 2.05) is 30.3 Å². The van der Waals surface area contributed by atoms with Crippen molar-refractivity contribution in [1.29, 1.82) is 0 Å². The quantitative estimate of drug-likeness (QED) is 0.433. The van der Waals surface area contributed by atoms with E-state index >= 15 is 0 Å². The van der Waals surface area contributed by atoms with Gasteiger partial charge >= 0.3 is 0 Å². The zero-order valence-electron chi connectivity index (χ0n) is 16.9. The molecule has 0 aliphatic heterocycles. The van der Waals surface area contributed by atoms with E-state index in [2.05, 4.69) is 20.6 Å². The number of carbonyl (C=O) groups is 1. The van der Waals surface area contributed by atoms with Gasteiger partial charge in [0.1, 0.15) is 12.4 Å². The van der Waals surface area contributed by atoms with E-state index in [-0.39, 0.29) is 12.5 Å². The first kappa shape index (κ1) is 20.2. The molecule has 2 aromatic carbocycles. The van der Waals surface area contributed by atoms with Gasteiger partial charge < -0.3 is 28.9 Å². The summed E-state index contributed by atoms with van der Waals surface area (Å²) in [7, 11) is 3.05. The molecule has 0 unspecified atom stereocenters. The Balaban J connectivity index is 1.55. The summed E-state index contributed by atoms with van der Waals surface area (Å²) in [4.78, 5) is 20.1. The molecule has 4 aromatic rings. The van der Waals surface area contributed by atoms with E-state index in [4.69, 9.17) is 18.3 Å². The molecule has 0 radical (unpaired) electrons. The van der Waals surface area contributed by atoms with Crippen LogP contribution in [0.2, 0.25) is 0 Å². The molecule has 158 valence electrons. The monoisotopic (exact) mass is 420 g/mol. The maximum Gasteiger partial charge on any atom is 0.299 e. The fourth-order valence-electron chi connectivity index (χ4n) is 3.03. The third-order valence-corrected chi connectivity index (χ3v) is 4.40. The Hall–Kier alpha value is -4.11. The number of nitrogens with one attached hydrogen (secondary N) is 2. The summed E-state index contributed by atoms with van der Waals surface area (Å²) >= 11 is 0. The molecule has 2 N–H and O–H groups in total. The first-order valence-corrected chi connectivity index (χ1v) is 9.36. The number of aromatic nitrogens is 2. The Bertz CT molecular complexity index is 1170. The SMILES string of the molecule is COCC(=O)Nc1ccccc1-c1cnc(Nc2ccc(-c3cnco3)c(OC)c2)o1. The number of methoxy groups -OCH3 is 2. The number of nitrogens with zero attached hydrogens (tertiary/aromatic N) is 2. The molecule has 0 atom stereocenters. The number of hydrogen-bond acceptors (Lipinski definition) is 8. The van der Waals surface area contributed by atoms with Gasteiger partial charge in [0.25, 0.3) is 6.01 Å². The van der Waals surface area contributed by atoms with E-state index in [1.165, 1.54) is 13.5 Å². The molecule has 9 nitrogen and oxygen atoms in total. The van der Waals surface area contributed by atoms with Crippen molar-refractivity contribution >= 4 is 23.3 Å². The van der Waals surface area contributed by atoms with Crippen LogP contribution >= 0.6 is 0 Å². The minimum Gasteiger partial charge on any atom is -0.496 e. The largest absolute Gasteiger partial charge is 0.496 e. The summed E-state index contributed by atoms with van der Waals surface area (Å²) in [6, 6.07) is 13.1. The van der Waals surface area contributed by atoms with Gasteiger partial charge in [-0.15, -0.1) is 0 Å². The molecule has 2 heterocycles. The maximum absolute atomic E-state index is 11.9. The summed E-state index contributed by atoms with van der Waals surface area (Å²) in [6.45, 7) is -0.0383. The van der Waals surface area contributed by atoms with E-state index in [9.17, 15) is 4.79 Å². The number of rotatable bonds is 8. The van der Waals surface area contributed by atoms with Crippen LogP contribution < -0.4 is 15.4 Å². The minimum atomic E-state index is -0.258. The first-order chi connectivity index (χ1) is 15.2. The zero-order chi connectivity index (χ0) is 21.6. The number of benzene rings is 2. The fraction of sp³-hybridized carbons (Fsp3) is 0.136. The van der Waals surface area contributed by atoms with Crippen molar-refractivity contribution in [2.75, 3.05) is 31.5 Å². The Labute approximate surface area is 178 Å². The lowest BCUT2D eigenvalue weighted by molar-refractivity contribution is -0.119. The van der Waals surface area contributed by atoms with Crippen molar-refractivity contribution in [2.45, 2.75) is 0 Å². The second-order valence-corrected chi connectivity index (χ2v) is 6.46. The number of ether oxygens (including phenoxy) is 2. The lowest BCUT2D eigenvalue weighted by Gasteiger charge is -2.09. The Morgan fingerprint density at radius 2 is 1.94 bits per heavy atom. The lowest BCUT2D eigenvalue weighted by Crippen LogP contribution is -2.17. The minimum absolute atomic E-state index is 0.0383. The van der Waals surface area contributed by atoms with Gasteiger partial charge in [-0.2, -0.15) is 0 Å². The van der Waals surface area contributed by atoms with E-state index in [0.717, 1.165) is 11.3 Å². The standard InChI is InChI=1S/C22H20N4O5/c1-28-12-21(27)26-17-6-4-3-5-15(17)20-11-24-22(31-20)25-14-7-8-16(18(9-14)29-2)19-10-23-13-30-19/h3-11,13H,12H2,1-2H3,(H,24,25)(H,26,27). The first-order valence-electron chi connectivity index (χ1n) is 9.36. The third kappa shape index (κ3) is 4.57. The predicted molar refractivity (Wildman–Crippen MR) is 114 cm³/mol. The average Bonchev–Trinajstić information content (AvgIpc) is 3.47.